The van der Waals surface area contributed by atoms with Crippen molar-refractivity contribution in [1.29, 1.82) is 0 Å². The second-order valence-electron chi connectivity index (χ2n) is 8.69. The Morgan fingerprint density at radius 1 is 0.800 bits per heavy atom. The van der Waals surface area contributed by atoms with Gasteiger partial charge in [0.2, 0.25) is 0 Å². The lowest BCUT2D eigenvalue weighted by Crippen LogP contribution is -2.11. The number of hydrogen-bond donors (Lipinski definition) is 3. The van der Waals surface area contributed by atoms with E-state index in [0.717, 1.165) is 29.9 Å². The molecule has 0 saturated carbocycles. The van der Waals surface area contributed by atoms with Crippen LogP contribution in [0, 0.1) is 0 Å². The Bertz CT molecular complexity index is 1110. The van der Waals surface area contributed by atoms with E-state index in [0.29, 0.717) is 16.8 Å². The van der Waals surface area contributed by atoms with Gasteiger partial charge < -0.3 is 19.8 Å². The summed E-state index contributed by atoms with van der Waals surface area (Å²) in [6.45, 7) is 2.96. The zero-order valence-corrected chi connectivity index (χ0v) is 21.0. The molecule has 3 rings (SSSR count). The Kier molecular flexibility index (Phi) is 10.1. The van der Waals surface area contributed by atoms with Gasteiger partial charge >= 0.3 is 7.60 Å². The summed E-state index contributed by atoms with van der Waals surface area (Å²) in [7, 11) is -4.12. The van der Waals surface area contributed by atoms with E-state index in [1.807, 2.05) is 36.4 Å². The van der Waals surface area contributed by atoms with Crippen molar-refractivity contribution in [1.82, 2.24) is 0 Å². The van der Waals surface area contributed by atoms with Crippen LogP contribution in [-0.4, -0.2) is 22.3 Å². The lowest BCUT2D eigenvalue weighted by Gasteiger charge is -2.09. The molecule has 0 aliphatic heterocycles. The fraction of sp³-hybridized carbons (Fsp3) is 0.321. The van der Waals surface area contributed by atoms with E-state index in [1.54, 1.807) is 36.4 Å². The van der Waals surface area contributed by atoms with E-state index in [9.17, 15) is 9.36 Å². The third-order valence-electron chi connectivity index (χ3n) is 5.70. The van der Waals surface area contributed by atoms with Gasteiger partial charge in [-0.2, -0.15) is 0 Å². The predicted octanol–water partition coefficient (Wildman–Crippen LogP) is 7.02. The van der Waals surface area contributed by atoms with Crippen molar-refractivity contribution in [3.05, 3.63) is 83.9 Å². The third-order valence-corrected chi connectivity index (χ3v) is 6.48. The highest BCUT2D eigenvalue weighted by Gasteiger charge is 2.14. The van der Waals surface area contributed by atoms with Crippen molar-refractivity contribution >= 4 is 19.2 Å². The number of amides is 1. The van der Waals surface area contributed by atoms with Gasteiger partial charge in [0.15, 0.2) is 0 Å². The van der Waals surface area contributed by atoms with Gasteiger partial charge in [-0.1, -0.05) is 75.4 Å². The molecule has 0 heterocycles. The van der Waals surface area contributed by atoms with Gasteiger partial charge in [-0.3, -0.25) is 9.36 Å². The molecule has 3 aromatic carbocycles. The monoisotopic (exact) mass is 495 g/mol. The highest BCUT2D eigenvalue weighted by atomic mass is 31.2. The van der Waals surface area contributed by atoms with Crippen molar-refractivity contribution in [3.63, 3.8) is 0 Å². The van der Waals surface area contributed by atoms with Crippen LogP contribution in [0.1, 0.15) is 61.4 Å². The van der Waals surface area contributed by atoms with Gasteiger partial charge in [-0.05, 0) is 59.5 Å². The summed E-state index contributed by atoms with van der Waals surface area (Å²) in [5, 5.41) is 2.80. The highest BCUT2D eigenvalue weighted by Crippen LogP contribution is 2.39. The molecule has 0 bridgehead atoms. The minimum Gasteiger partial charge on any atom is -0.494 e. The Morgan fingerprint density at radius 3 is 1.97 bits per heavy atom. The summed E-state index contributed by atoms with van der Waals surface area (Å²) in [6, 6.07) is 21.8. The topological polar surface area (TPSA) is 95.9 Å². The maximum atomic E-state index is 12.6. The van der Waals surface area contributed by atoms with E-state index in [2.05, 4.69) is 12.2 Å². The number of nitrogens with one attached hydrogen (secondary N) is 1. The average Bonchev–Trinajstić information content (AvgIpc) is 2.84. The molecule has 1 amide bonds. The van der Waals surface area contributed by atoms with Crippen molar-refractivity contribution in [2.24, 2.45) is 0 Å². The second-order valence-corrected chi connectivity index (χ2v) is 10.3. The minimum absolute atomic E-state index is 0.252. The van der Waals surface area contributed by atoms with Crippen LogP contribution in [0.2, 0.25) is 0 Å². The number of rotatable bonds is 13. The molecule has 6 nitrogen and oxygen atoms in total. The molecule has 0 saturated heterocycles. The van der Waals surface area contributed by atoms with E-state index in [-0.39, 0.29) is 12.1 Å². The molecule has 3 N–H and O–H groups in total. The van der Waals surface area contributed by atoms with Gasteiger partial charge in [0.05, 0.1) is 12.8 Å². The van der Waals surface area contributed by atoms with Crippen molar-refractivity contribution in [3.8, 4) is 16.9 Å². The molecule has 0 aliphatic carbocycles. The lowest BCUT2D eigenvalue weighted by molar-refractivity contribution is 0.102. The maximum Gasteiger partial charge on any atom is 0.329 e. The first-order valence-corrected chi connectivity index (χ1v) is 13.9. The Morgan fingerprint density at radius 2 is 1.37 bits per heavy atom. The third kappa shape index (κ3) is 9.33. The molecule has 0 aliphatic rings. The first-order chi connectivity index (χ1) is 16.8. The number of hydrogen-bond acceptors (Lipinski definition) is 3. The number of ether oxygens (including phenoxy) is 1. The second kappa shape index (κ2) is 13.2. The average molecular weight is 496 g/mol. The van der Waals surface area contributed by atoms with Crippen LogP contribution in [0.5, 0.6) is 5.75 Å². The Hall–Kier alpha value is -2.92. The molecule has 0 fully saturated rings. The van der Waals surface area contributed by atoms with Gasteiger partial charge in [-0.15, -0.1) is 0 Å². The zero-order chi connectivity index (χ0) is 25.1. The van der Waals surface area contributed by atoms with Crippen LogP contribution >= 0.6 is 7.60 Å². The number of anilines is 1. The first kappa shape index (κ1) is 26.7. The quantitative estimate of drug-likeness (QED) is 0.175. The van der Waals surface area contributed by atoms with Crippen LogP contribution in [0.4, 0.5) is 5.69 Å². The number of carbonyl (C=O) groups is 1. The fourth-order valence-electron chi connectivity index (χ4n) is 3.76. The fourth-order valence-corrected chi connectivity index (χ4v) is 4.45. The lowest BCUT2D eigenvalue weighted by atomic mass is 10.0. The number of carbonyl (C=O) groups excluding carboxylic acids is 1. The molecular weight excluding hydrogens is 461 g/mol. The largest absolute Gasteiger partial charge is 0.494 e. The zero-order valence-electron chi connectivity index (χ0n) is 20.2. The highest BCUT2D eigenvalue weighted by molar-refractivity contribution is 7.50. The van der Waals surface area contributed by atoms with Crippen LogP contribution < -0.4 is 10.1 Å². The smallest absolute Gasteiger partial charge is 0.329 e. The van der Waals surface area contributed by atoms with E-state index >= 15 is 0 Å². The molecule has 0 unspecified atom stereocenters. The number of unbranched alkanes of at least 4 members (excludes halogenated alkanes) is 5. The van der Waals surface area contributed by atoms with Crippen LogP contribution in [0.15, 0.2) is 72.8 Å². The molecule has 35 heavy (non-hydrogen) atoms. The first-order valence-electron chi connectivity index (χ1n) is 12.1. The summed E-state index contributed by atoms with van der Waals surface area (Å²) in [5.74, 6) is 0.614. The van der Waals surface area contributed by atoms with Crippen molar-refractivity contribution < 1.29 is 23.9 Å². The predicted molar refractivity (Wildman–Crippen MR) is 141 cm³/mol. The van der Waals surface area contributed by atoms with Crippen LogP contribution in [0.3, 0.4) is 0 Å². The molecule has 3 aromatic rings. The summed E-state index contributed by atoms with van der Waals surface area (Å²) in [5.41, 5.74) is 3.65. The van der Waals surface area contributed by atoms with Gasteiger partial charge in [-0.25, -0.2) is 0 Å². The van der Waals surface area contributed by atoms with E-state index in [4.69, 9.17) is 14.5 Å². The molecule has 0 aromatic heterocycles. The molecular formula is C28H34NO5P. The summed E-state index contributed by atoms with van der Waals surface area (Å²) >= 11 is 0. The number of benzene rings is 3. The van der Waals surface area contributed by atoms with Crippen LogP contribution in [-0.2, 0) is 10.7 Å². The normalized spacial score (nSPS) is 11.3. The van der Waals surface area contributed by atoms with Gasteiger partial charge in [0.1, 0.15) is 5.75 Å². The van der Waals surface area contributed by atoms with Crippen molar-refractivity contribution in [2.75, 3.05) is 11.9 Å². The molecule has 7 heteroatoms. The molecule has 0 atom stereocenters. The standard InChI is InChI=1S/C28H34NO5P/c1-2-3-4-5-6-7-20-34-27-18-14-24(15-19-27)23-10-12-25(13-11-23)28(30)29-26-16-8-22(9-17-26)21-35(31,32)33/h8-19H,2-7,20-21H2,1H3,(H,29,30)(H2,31,32,33). The maximum absolute atomic E-state index is 12.6. The molecule has 0 radical (unpaired) electrons. The Labute approximate surface area is 207 Å². The summed E-state index contributed by atoms with van der Waals surface area (Å²) in [6.07, 6.45) is 7.11. The van der Waals surface area contributed by atoms with Gasteiger partial charge in [0, 0.05) is 11.3 Å². The van der Waals surface area contributed by atoms with Crippen molar-refractivity contribution in [2.45, 2.75) is 51.6 Å². The Balaban J connectivity index is 1.49. The minimum atomic E-state index is -4.12. The van der Waals surface area contributed by atoms with Crippen LogP contribution in [0.25, 0.3) is 11.1 Å². The summed E-state index contributed by atoms with van der Waals surface area (Å²) < 4.78 is 17.0. The SMILES string of the molecule is CCCCCCCCOc1ccc(-c2ccc(C(=O)Nc3ccc(CP(=O)(O)O)cc3)cc2)cc1. The van der Waals surface area contributed by atoms with E-state index in [1.165, 1.54) is 32.1 Å². The van der Waals surface area contributed by atoms with Gasteiger partial charge in [0.25, 0.3) is 5.91 Å². The molecule has 186 valence electrons. The summed E-state index contributed by atoms with van der Waals surface area (Å²) in [4.78, 5) is 30.7. The molecule has 0 spiro atoms. The van der Waals surface area contributed by atoms with E-state index < -0.39 is 7.60 Å².